The smallest absolute Gasteiger partial charge is 0.293 e. The van der Waals surface area contributed by atoms with Gasteiger partial charge in [-0.2, -0.15) is 0 Å². The summed E-state index contributed by atoms with van der Waals surface area (Å²) in [7, 11) is -3.43. The van der Waals surface area contributed by atoms with Crippen LogP contribution in [0.3, 0.4) is 0 Å². The van der Waals surface area contributed by atoms with Gasteiger partial charge < -0.3 is 0 Å². The fourth-order valence-corrected chi connectivity index (χ4v) is 4.86. The highest BCUT2D eigenvalue weighted by Gasteiger charge is 2.54. The van der Waals surface area contributed by atoms with Gasteiger partial charge in [0, 0.05) is 11.0 Å². The van der Waals surface area contributed by atoms with Crippen LogP contribution in [0.15, 0.2) is 54.6 Å². The highest BCUT2D eigenvalue weighted by Crippen LogP contribution is 2.60. The second-order valence-electron chi connectivity index (χ2n) is 7.45. The lowest BCUT2D eigenvalue weighted by Gasteiger charge is -2.43. The SMILES string of the molecule is CC(C)(c1ccccc1)c1cccc(C(=O)C23COP(=O)(OC2)OC3)c1. The Morgan fingerprint density at radius 2 is 1.50 bits per heavy atom. The lowest BCUT2D eigenvalue weighted by Crippen LogP contribution is -2.50. The summed E-state index contributed by atoms with van der Waals surface area (Å²) in [4.78, 5) is 13.2. The molecule has 0 atom stereocenters. The zero-order valence-electron chi connectivity index (χ0n) is 14.8. The van der Waals surface area contributed by atoms with Crippen molar-refractivity contribution in [3.8, 4) is 0 Å². The van der Waals surface area contributed by atoms with E-state index in [1.54, 1.807) is 6.07 Å². The average Bonchev–Trinajstić information content (AvgIpc) is 2.69. The quantitative estimate of drug-likeness (QED) is 0.589. The molecule has 2 bridgehead atoms. The molecule has 3 aliphatic rings. The zero-order valence-corrected chi connectivity index (χ0v) is 15.7. The van der Waals surface area contributed by atoms with Crippen molar-refractivity contribution < 1.29 is 22.9 Å². The summed E-state index contributed by atoms with van der Waals surface area (Å²) in [6, 6.07) is 17.8. The molecule has 3 aliphatic heterocycles. The second-order valence-corrected chi connectivity index (χ2v) is 9.12. The fourth-order valence-electron chi connectivity index (χ4n) is 3.42. The van der Waals surface area contributed by atoms with Crippen LogP contribution in [0.5, 0.6) is 0 Å². The summed E-state index contributed by atoms with van der Waals surface area (Å²) in [6.07, 6.45) is 0. The van der Waals surface area contributed by atoms with Crippen molar-refractivity contribution >= 4 is 13.6 Å². The molecule has 3 fully saturated rings. The number of fused-ring (bicyclic) bond motifs is 3. The van der Waals surface area contributed by atoms with Crippen molar-refractivity contribution in [3.05, 3.63) is 71.3 Å². The molecule has 5 rings (SSSR count). The molecule has 0 radical (unpaired) electrons. The van der Waals surface area contributed by atoms with Crippen molar-refractivity contribution in [2.24, 2.45) is 5.41 Å². The summed E-state index contributed by atoms with van der Waals surface area (Å²) in [5.74, 6) is -0.103. The first-order chi connectivity index (χ1) is 12.3. The van der Waals surface area contributed by atoms with E-state index in [0.717, 1.165) is 5.56 Å². The molecule has 0 aromatic heterocycles. The molecule has 26 heavy (non-hydrogen) atoms. The van der Waals surface area contributed by atoms with Gasteiger partial charge in [-0.25, -0.2) is 4.57 Å². The third kappa shape index (κ3) is 2.85. The van der Waals surface area contributed by atoms with Gasteiger partial charge in [-0.3, -0.25) is 18.4 Å². The summed E-state index contributed by atoms with van der Waals surface area (Å²) >= 11 is 0. The summed E-state index contributed by atoms with van der Waals surface area (Å²) in [5.41, 5.74) is 1.64. The molecule has 136 valence electrons. The normalized spacial score (nSPS) is 28.1. The number of carbonyl (C=O) groups is 1. The maximum absolute atomic E-state index is 13.2. The maximum Gasteiger partial charge on any atom is 0.474 e. The Balaban J connectivity index is 1.66. The van der Waals surface area contributed by atoms with Crippen LogP contribution in [0, 0.1) is 5.41 Å². The van der Waals surface area contributed by atoms with Crippen molar-refractivity contribution in [1.82, 2.24) is 0 Å². The van der Waals surface area contributed by atoms with E-state index in [9.17, 15) is 9.36 Å². The van der Waals surface area contributed by atoms with Crippen molar-refractivity contribution in [2.45, 2.75) is 19.3 Å². The predicted octanol–water partition coefficient (Wildman–Crippen LogP) is 4.37. The Labute approximate surface area is 152 Å². The molecule has 0 saturated carbocycles. The van der Waals surface area contributed by atoms with Crippen LogP contribution in [0.25, 0.3) is 0 Å². The van der Waals surface area contributed by atoms with E-state index in [0.29, 0.717) is 5.56 Å². The summed E-state index contributed by atoms with van der Waals surface area (Å²) < 4.78 is 27.4. The third-order valence-corrected chi connectivity index (χ3v) is 6.66. The first-order valence-electron chi connectivity index (χ1n) is 8.59. The van der Waals surface area contributed by atoms with E-state index in [1.165, 1.54) is 5.56 Å². The molecule has 0 unspecified atom stereocenters. The van der Waals surface area contributed by atoms with Crippen LogP contribution in [-0.4, -0.2) is 25.6 Å². The minimum atomic E-state index is -3.43. The molecular formula is C20H21O5P. The van der Waals surface area contributed by atoms with Gasteiger partial charge in [0.2, 0.25) is 0 Å². The Kier molecular flexibility index (Phi) is 4.16. The van der Waals surface area contributed by atoms with E-state index in [4.69, 9.17) is 13.6 Å². The Morgan fingerprint density at radius 1 is 0.923 bits per heavy atom. The number of benzene rings is 2. The fraction of sp³-hybridized carbons (Fsp3) is 0.350. The predicted molar refractivity (Wildman–Crippen MR) is 97.2 cm³/mol. The first kappa shape index (κ1) is 17.6. The molecule has 2 aromatic rings. The van der Waals surface area contributed by atoms with Gasteiger partial charge in [0.1, 0.15) is 5.41 Å². The van der Waals surface area contributed by atoms with Crippen molar-refractivity contribution in [3.63, 3.8) is 0 Å². The molecule has 0 N–H and O–H groups in total. The van der Waals surface area contributed by atoms with Crippen molar-refractivity contribution in [1.29, 1.82) is 0 Å². The maximum atomic E-state index is 13.2. The lowest BCUT2D eigenvalue weighted by atomic mass is 9.76. The van der Waals surface area contributed by atoms with Gasteiger partial charge >= 0.3 is 7.82 Å². The van der Waals surface area contributed by atoms with Crippen molar-refractivity contribution in [2.75, 3.05) is 19.8 Å². The summed E-state index contributed by atoms with van der Waals surface area (Å²) in [5, 5.41) is 0. The van der Waals surface area contributed by atoms with Gasteiger partial charge in [-0.05, 0) is 17.2 Å². The molecule has 0 spiro atoms. The Morgan fingerprint density at radius 3 is 2.12 bits per heavy atom. The Bertz CT molecular complexity index is 859. The average molecular weight is 372 g/mol. The molecule has 0 aliphatic carbocycles. The number of ketones is 1. The van der Waals surface area contributed by atoms with E-state index >= 15 is 0 Å². The van der Waals surface area contributed by atoms with Crippen LogP contribution in [0.4, 0.5) is 0 Å². The number of hydrogen-bond acceptors (Lipinski definition) is 5. The highest BCUT2D eigenvalue weighted by atomic mass is 31.2. The number of carbonyl (C=O) groups excluding carboxylic acids is 1. The molecule has 6 heteroatoms. The number of phosphoric ester groups is 1. The van der Waals surface area contributed by atoms with E-state index in [2.05, 4.69) is 26.0 Å². The standard InChI is InChI=1S/C20H21O5P/c1-19(2,16-8-4-3-5-9-16)17-10-6-7-15(11-17)18(21)20-12-23-26(22,24-13-20)25-14-20/h3-11H,12-14H2,1-2H3. The topological polar surface area (TPSA) is 61.8 Å². The van der Waals surface area contributed by atoms with Gasteiger partial charge in [-0.15, -0.1) is 0 Å². The molecule has 5 nitrogen and oxygen atoms in total. The van der Waals surface area contributed by atoms with E-state index < -0.39 is 13.2 Å². The van der Waals surface area contributed by atoms with E-state index in [1.807, 2.05) is 36.4 Å². The molecular weight excluding hydrogens is 351 g/mol. The van der Waals surface area contributed by atoms with Gasteiger partial charge in [0.25, 0.3) is 0 Å². The van der Waals surface area contributed by atoms with Crippen LogP contribution in [0.1, 0.15) is 35.3 Å². The Hall–Kier alpha value is -1.78. The highest BCUT2D eigenvalue weighted by molar-refractivity contribution is 7.48. The minimum absolute atomic E-state index is 0.0649. The monoisotopic (exact) mass is 372 g/mol. The number of Topliss-reactive ketones (excluding diaryl/α,β-unsaturated/α-hetero) is 1. The molecule has 3 heterocycles. The van der Waals surface area contributed by atoms with Crippen LogP contribution in [-0.2, 0) is 23.6 Å². The first-order valence-corrected chi connectivity index (χ1v) is 10.1. The van der Waals surface area contributed by atoms with Crippen LogP contribution >= 0.6 is 7.82 Å². The minimum Gasteiger partial charge on any atom is -0.293 e. The zero-order chi connectivity index (χ0) is 18.4. The molecule has 3 saturated heterocycles. The molecule has 0 amide bonds. The van der Waals surface area contributed by atoms with Crippen LogP contribution < -0.4 is 0 Å². The second kappa shape index (κ2) is 6.14. The summed E-state index contributed by atoms with van der Waals surface area (Å²) in [6.45, 7) is 4.47. The van der Waals surface area contributed by atoms with Crippen LogP contribution in [0.2, 0.25) is 0 Å². The largest absolute Gasteiger partial charge is 0.474 e. The van der Waals surface area contributed by atoms with Gasteiger partial charge in [0.15, 0.2) is 5.78 Å². The lowest BCUT2D eigenvalue weighted by molar-refractivity contribution is -0.0737. The van der Waals surface area contributed by atoms with E-state index in [-0.39, 0.29) is 31.0 Å². The van der Waals surface area contributed by atoms with Gasteiger partial charge in [0.05, 0.1) is 19.8 Å². The van der Waals surface area contributed by atoms with Gasteiger partial charge in [-0.1, -0.05) is 62.4 Å². The number of rotatable bonds is 4. The number of phosphoric acid groups is 1. The number of hydrogen-bond donors (Lipinski definition) is 0. The third-order valence-electron chi connectivity index (χ3n) is 5.32. The molecule has 2 aromatic carbocycles.